The van der Waals surface area contributed by atoms with Crippen molar-refractivity contribution in [2.24, 2.45) is 0 Å². The van der Waals surface area contributed by atoms with Crippen molar-refractivity contribution in [2.75, 3.05) is 30.9 Å². The number of aryl methyl sites for hydroxylation is 1. The molecule has 1 aromatic heterocycles. The minimum absolute atomic E-state index is 0.238. The second-order valence-electron chi connectivity index (χ2n) is 5.99. The van der Waals surface area contributed by atoms with Crippen LogP contribution in [-0.2, 0) is 16.1 Å². The number of benzene rings is 1. The van der Waals surface area contributed by atoms with E-state index in [-0.39, 0.29) is 6.54 Å². The van der Waals surface area contributed by atoms with Crippen LogP contribution in [0.2, 0.25) is 0 Å². The highest BCUT2D eigenvalue weighted by atomic mass is 16.5. The fourth-order valence-electron chi connectivity index (χ4n) is 2.26. The van der Waals surface area contributed by atoms with Gasteiger partial charge in [0.2, 0.25) is 0 Å². The lowest BCUT2D eigenvalue weighted by Gasteiger charge is -2.13. The number of nitrogens with zero attached hydrogens (tertiary/aromatic N) is 2. The van der Waals surface area contributed by atoms with Crippen LogP contribution in [0.15, 0.2) is 36.5 Å². The van der Waals surface area contributed by atoms with Gasteiger partial charge in [-0.1, -0.05) is 6.07 Å². The maximum Gasteiger partial charge on any atom is 0.313 e. The lowest BCUT2D eigenvalue weighted by atomic mass is 10.2. The Morgan fingerprint density at radius 3 is 2.62 bits per heavy atom. The van der Waals surface area contributed by atoms with Crippen molar-refractivity contribution in [3.8, 4) is 5.75 Å². The Bertz CT molecular complexity index is 790. The summed E-state index contributed by atoms with van der Waals surface area (Å²) in [6, 6.07) is 9.02. The zero-order valence-electron chi connectivity index (χ0n) is 15.5. The van der Waals surface area contributed by atoms with Crippen molar-refractivity contribution >= 4 is 23.3 Å². The molecule has 0 aliphatic rings. The van der Waals surface area contributed by atoms with E-state index in [0.717, 1.165) is 16.9 Å². The molecule has 0 saturated heterocycles. The maximum atomic E-state index is 12.2. The molecule has 26 heavy (non-hydrogen) atoms. The molecule has 0 fully saturated rings. The van der Waals surface area contributed by atoms with Crippen LogP contribution in [0.1, 0.15) is 18.1 Å². The summed E-state index contributed by atoms with van der Waals surface area (Å²) >= 11 is 0. The zero-order valence-corrected chi connectivity index (χ0v) is 15.5. The molecule has 2 rings (SSSR count). The smallest absolute Gasteiger partial charge is 0.313 e. The van der Waals surface area contributed by atoms with Gasteiger partial charge in [0.1, 0.15) is 11.6 Å². The highest BCUT2D eigenvalue weighted by Crippen LogP contribution is 2.25. The third-order valence-electron chi connectivity index (χ3n) is 3.61. The Kier molecular flexibility index (Phi) is 6.54. The fourth-order valence-corrected chi connectivity index (χ4v) is 2.26. The van der Waals surface area contributed by atoms with E-state index in [4.69, 9.17) is 4.74 Å². The van der Waals surface area contributed by atoms with Gasteiger partial charge in [-0.3, -0.25) is 9.59 Å². The molecule has 138 valence electrons. The van der Waals surface area contributed by atoms with E-state index < -0.39 is 11.8 Å². The molecule has 0 radical (unpaired) electrons. The molecule has 0 unspecified atom stereocenters. The lowest BCUT2D eigenvalue weighted by Crippen LogP contribution is -2.35. The van der Waals surface area contributed by atoms with Gasteiger partial charge in [0.25, 0.3) is 0 Å². The summed E-state index contributed by atoms with van der Waals surface area (Å²) in [6.07, 6.45) is 1.66. The highest BCUT2D eigenvalue weighted by molar-refractivity contribution is 6.39. The van der Waals surface area contributed by atoms with Gasteiger partial charge < -0.3 is 20.3 Å². The number of carbonyl (C=O) groups is 2. The summed E-state index contributed by atoms with van der Waals surface area (Å²) in [6.45, 7) is 4.49. The third-order valence-corrected chi connectivity index (χ3v) is 3.61. The standard InChI is InChI=1S/C19H24N4O3/c1-5-26-16-10-13(2)6-7-15(16)22-19(25)18(24)21-12-14-8-9-20-17(11-14)23(3)4/h6-11H,5,12H2,1-4H3,(H,21,24)(H,22,25). The van der Waals surface area contributed by atoms with Gasteiger partial charge in [-0.2, -0.15) is 0 Å². The SMILES string of the molecule is CCOc1cc(C)ccc1NC(=O)C(=O)NCc1ccnc(N(C)C)c1. The predicted molar refractivity (Wildman–Crippen MR) is 101 cm³/mol. The first kappa shape index (κ1) is 19.2. The van der Waals surface area contributed by atoms with Crippen LogP contribution in [0.4, 0.5) is 11.5 Å². The number of amides is 2. The van der Waals surface area contributed by atoms with Crippen LogP contribution >= 0.6 is 0 Å². The van der Waals surface area contributed by atoms with Crippen LogP contribution in [0.3, 0.4) is 0 Å². The van der Waals surface area contributed by atoms with Crippen molar-refractivity contribution in [1.82, 2.24) is 10.3 Å². The van der Waals surface area contributed by atoms with E-state index in [1.165, 1.54) is 0 Å². The van der Waals surface area contributed by atoms with E-state index in [0.29, 0.717) is 18.0 Å². The summed E-state index contributed by atoms with van der Waals surface area (Å²) in [5.74, 6) is -0.131. The molecule has 2 N–H and O–H groups in total. The van der Waals surface area contributed by atoms with Crippen molar-refractivity contribution in [2.45, 2.75) is 20.4 Å². The first-order valence-electron chi connectivity index (χ1n) is 8.35. The minimum atomic E-state index is -0.739. The number of anilines is 2. The number of nitrogens with one attached hydrogen (secondary N) is 2. The number of carbonyl (C=O) groups excluding carboxylic acids is 2. The monoisotopic (exact) mass is 356 g/mol. The number of aromatic nitrogens is 1. The van der Waals surface area contributed by atoms with Gasteiger partial charge in [0.05, 0.1) is 12.3 Å². The number of hydrogen-bond acceptors (Lipinski definition) is 5. The number of ether oxygens (including phenoxy) is 1. The van der Waals surface area contributed by atoms with Crippen LogP contribution in [0.25, 0.3) is 0 Å². The Balaban J connectivity index is 1.98. The molecule has 1 heterocycles. The normalized spacial score (nSPS) is 10.2. The van der Waals surface area contributed by atoms with Crippen LogP contribution in [0, 0.1) is 6.92 Å². The molecule has 2 amide bonds. The topological polar surface area (TPSA) is 83.6 Å². The van der Waals surface area contributed by atoms with Crippen molar-refractivity contribution in [3.63, 3.8) is 0 Å². The average Bonchev–Trinajstić information content (AvgIpc) is 2.62. The largest absolute Gasteiger partial charge is 0.492 e. The molecule has 2 aromatic rings. The van der Waals surface area contributed by atoms with Gasteiger partial charge in [-0.05, 0) is 49.2 Å². The first-order valence-corrected chi connectivity index (χ1v) is 8.35. The Morgan fingerprint density at radius 1 is 1.15 bits per heavy atom. The van der Waals surface area contributed by atoms with Crippen molar-refractivity contribution in [3.05, 3.63) is 47.7 Å². The van der Waals surface area contributed by atoms with Crippen molar-refractivity contribution < 1.29 is 14.3 Å². The number of pyridine rings is 1. The van der Waals surface area contributed by atoms with Gasteiger partial charge in [-0.15, -0.1) is 0 Å². The van der Waals surface area contributed by atoms with E-state index in [9.17, 15) is 9.59 Å². The van der Waals surface area contributed by atoms with Crippen LogP contribution < -0.4 is 20.3 Å². The second-order valence-corrected chi connectivity index (χ2v) is 5.99. The Labute approximate surface area is 153 Å². The summed E-state index contributed by atoms with van der Waals surface area (Å²) in [4.78, 5) is 30.3. The minimum Gasteiger partial charge on any atom is -0.492 e. The molecule has 0 aliphatic carbocycles. The Hall–Kier alpha value is -3.09. The molecular weight excluding hydrogens is 332 g/mol. The van der Waals surface area contributed by atoms with Crippen LogP contribution in [-0.4, -0.2) is 37.5 Å². The van der Waals surface area contributed by atoms with Gasteiger partial charge in [0.15, 0.2) is 0 Å². The average molecular weight is 356 g/mol. The van der Waals surface area contributed by atoms with Gasteiger partial charge >= 0.3 is 11.8 Å². The molecule has 0 spiro atoms. The first-order chi connectivity index (χ1) is 12.4. The molecule has 7 heteroatoms. The van der Waals surface area contributed by atoms with Gasteiger partial charge in [0, 0.05) is 26.8 Å². The molecule has 0 aliphatic heterocycles. The van der Waals surface area contributed by atoms with Gasteiger partial charge in [-0.25, -0.2) is 4.98 Å². The molecule has 1 aromatic carbocycles. The van der Waals surface area contributed by atoms with E-state index in [1.54, 1.807) is 18.3 Å². The molecular formula is C19H24N4O3. The number of rotatable bonds is 6. The quantitative estimate of drug-likeness (QED) is 0.775. The molecule has 0 saturated carbocycles. The second kappa shape index (κ2) is 8.84. The van der Waals surface area contributed by atoms with E-state index in [2.05, 4.69) is 15.6 Å². The third kappa shape index (κ3) is 5.20. The van der Waals surface area contributed by atoms with E-state index >= 15 is 0 Å². The van der Waals surface area contributed by atoms with E-state index in [1.807, 2.05) is 51.0 Å². The summed E-state index contributed by atoms with van der Waals surface area (Å²) < 4.78 is 5.51. The van der Waals surface area contributed by atoms with Crippen LogP contribution in [0.5, 0.6) is 5.75 Å². The predicted octanol–water partition coefficient (Wildman–Crippen LogP) is 2.11. The zero-order chi connectivity index (χ0) is 19.1. The summed E-state index contributed by atoms with van der Waals surface area (Å²) in [5.41, 5.74) is 2.33. The lowest BCUT2D eigenvalue weighted by molar-refractivity contribution is -0.136. The summed E-state index contributed by atoms with van der Waals surface area (Å²) in [7, 11) is 3.77. The maximum absolute atomic E-state index is 12.2. The molecule has 7 nitrogen and oxygen atoms in total. The summed E-state index contributed by atoms with van der Waals surface area (Å²) in [5, 5.41) is 5.20. The molecule has 0 atom stereocenters. The number of hydrogen-bond donors (Lipinski definition) is 2. The Morgan fingerprint density at radius 2 is 1.92 bits per heavy atom. The van der Waals surface area contributed by atoms with Crippen molar-refractivity contribution in [1.29, 1.82) is 0 Å². The molecule has 0 bridgehead atoms. The highest BCUT2D eigenvalue weighted by Gasteiger charge is 2.16. The fraction of sp³-hybridized carbons (Fsp3) is 0.316.